The lowest BCUT2D eigenvalue weighted by atomic mass is 10.1. The third kappa shape index (κ3) is 4.78. The van der Waals surface area contributed by atoms with Crippen molar-refractivity contribution in [1.82, 2.24) is 9.88 Å². The number of amides is 1. The Morgan fingerprint density at radius 2 is 2.09 bits per heavy atom. The molecule has 4 nitrogen and oxygen atoms in total. The Balaban J connectivity index is 1.85. The largest absolute Gasteiger partial charge is 0.389 e. The van der Waals surface area contributed by atoms with E-state index < -0.39 is 5.60 Å². The Bertz CT molecular complexity index is 598. The highest BCUT2D eigenvalue weighted by atomic mass is 32.1. The molecule has 0 radical (unpaired) electrons. The van der Waals surface area contributed by atoms with E-state index in [-0.39, 0.29) is 5.91 Å². The molecule has 22 heavy (non-hydrogen) atoms. The predicted molar refractivity (Wildman–Crippen MR) is 91.1 cm³/mol. The highest BCUT2D eigenvalue weighted by Gasteiger charge is 2.20. The SMILES string of the molecule is CCN(CC(C)(C)O)C(=O)CCCc1nc2ccccc2s1. The van der Waals surface area contributed by atoms with Crippen LogP contribution in [0.3, 0.4) is 0 Å². The number of carbonyl (C=O) groups excluding carboxylic acids is 1. The van der Waals surface area contributed by atoms with Gasteiger partial charge in [0.05, 0.1) is 20.8 Å². The number of likely N-dealkylation sites (N-methyl/N-ethyl adjacent to an activating group) is 1. The third-order valence-corrected chi connectivity index (χ3v) is 4.53. The van der Waals surface area contributed by atoms with Gasteiger partial charge >= 0.3 is 0 Å². The molecule has 0 aliphatic rings. The van der Waals surface area contributed by atoms with Gasteiger partial charge in [-0.25, -0.2) is 4.98 Å². The molecule has 0 bridgehead atoms. The topological polar surface area (TPSA) is 53.4 Å². The van der Waals surface area contributed by atoms with Crippen LogP contribution < -0.4 is 0 Å². The minimum absolute atomic E-state index is 0.103. The molecule has 1 N–H and O–H groups in total. The second-order valence-electron chi connectivity index (χ2n) is 6.15. The van der Waals surface area contributed by atoms with E-state index >= 15 is 0 Å². The van der Waals surface area contributed by atoms with Gasteiger partial charge in [-0.05, 0) is 45.7 Å². The summed E-state index contributed by atoms with van der Waals surface area (Å²) in [5, 5.41) is 10.9. The number of nitrogens with zero attached hydrogens (tertiary/aromatic N) is 2. The van der Waals surface area contributed by atoms with E-state index in [1.54, 1.807) is 30.1 Å². The molecule has 0 unspecified atom stereocenters. The quantitative estimate of drug-likeness (QED) is 0.852. The number of fused-ring (bicyclic) bond motifs is 1. The highest BCUT2D eigenvalue weighted by molar-refractivity contribution is 7.18. The maximum atomic E-state index is 12.2. The van der Waals surface area contributed by atoms with Crippen LogP contribution in [0.4, 0.5) is 0 Å². The molecule has 2 rings (SSSR count). The smallest absolute Gasteiger partial charge is 0.222 e. The summed E-state index contributed by atoms with van der Waals surface area (Å²) in [6.07, 6.45) is 2.12. The number of benzene rings is 1. The summed E-state index contributed by atoms with van der Waals surface area (Å²) in [7, 11) is 0. The molecule has 0 aliphatic heterocycles. The fraction of sp³-hybridized carbons (Fsp3) is 0.529. The normalized spacial score (nSPS) is 11.8. The van der Waals surface area contributed by atoms with Gasteiger partial charge in [0.1, 0.15) is 0 Å². The molecular weight excluding hydrogens is 296 g/mol. The maximum Gasteiger partial charge on any atom is 0.222 e. The van der Waals surface area contributed by atoms with Crippen molar-refractivity contribution in [3.05, 3.63) is 29.3 Å². The van der Waals surface area contributed by atoms with Gasteiger partial charge in [-0.2, -0.15) is 0 Å². The summed E-state index contributed by atoms with van der Waals surface area (Å²) in [5.74, 6) is 0.103. The van der Waals surface area contributed by atoms with Crippen LogP contribution in [-0.4, -0.2) is 39.6 Å². The van der Waals surface area contributed by atoms with Crippen LogP contribution in [-0.2, 0) is 11.2 Å². The van der Waals surface area contributed by atoms with E-state index in [1.807, 2.05) is 25.1 Å². The standard InChI is InChI=1S/C17H24N2O2S/c1-4-19(12-17(2,3)21)16(20)11-7-10-15-18-13-8-5-6-9-14(13)22-15/h5-6,8-9,21H,4,7,10-12H2,1-3H3. The van der Waals surface area contributed by atoms with Gasteiger partial charge in [0.2, 0.25) is 5.91 Å². The molecule has 1 heterocycles. The van der Waals surface area contributed by atoms with Crippen molar-refractivity contribution in [1.29, 1.82) is 0 Å². The van der Waals surface area contributed by atoms with Crippen molar-refractivity contribution in [3.8, 4) is 0 Å². The molecule has 0 aliphatic carbocycles. The first-order chi connectivity index (χ1) is 10.4. The molecule has 120 valence electrons. The average Bonchev–Trinajstić information content (AvgIpc) is 2.86. The number of para-hydroxylation sites is 1. The second-order valence-corrected chi connectivity index (χ2v) is 7.26. The molecule has 0 atom stereocenters. The van der Waals surface area contributed by atoms with Gasteiger partial charge in [-0.3, -0.25) is 4.79 Å². The van der Waals surface area contributed by atoms with E-state index in [9.17, 15) is 9.90 Å². The van der Waals surface area contributed by atoms with Crippen LogP contribution in [0.15, 0.2) is 24.3 Å². The van der Waals surface area contributed by atoms with Crippen LogP contribution in [0, 0.1) is 0 Å². The summed E-state index contributed by atoms with van der Waals surface area (Å²) in [5.41, 5.74) is 0.185. The van der Waals surface area contributed by atoms with Crippen LogP contribution >= 0.6 is 11.3 Å². The first-order valence-corrected chi connectivity index (χ1v) is 8.55. The highest BCUT2D eigenvalue weighted by Crippen LogP contribution is 2.22. The Hall–Kier alpha value is -1.46. The Kier molecular flexibility index (Phi) is 5.53. The van der Waals surface area contributed by atoms with Crippen molar-refractivity contribution in [3.63, 3.8) is 0 Å². The van der Waals surface area contributed by atoms with Crippen molar-refractivity contribution in [2.75, 3.05) is 13.1 Å². The number of aryl methyl sites for hydroxylation is 1. The second kappa shape index (κ2) is 7.20. The van der Waals surface area contributed by atoms with E-state index in [0.29, 0.717) is 19.5 Å². The maximum absolute atomic E-state index is 12.2. The van der Waals surface area contributed by atoms with E-state index in [4.69, 9.17) is 0 Å². The zero-order chi connectivity index (χ0) is 16.2. The van der Waals surface area contributed by atoms with Crippen LogP contribution in [0.25, 0.3) is 10.2 Å². The Morgan fingerprint density at radius 3 is 2.73 bits per heavy atom. The zero-order valence-electron chi connectivity index (χ0n) is 13.5. The zero-order valence-corrected chi connectivity index (χ0v) is 14.3. The molecule has 0 spiro atoms. The monoisotopic (exact) mass is 320 g/mol. The van der Waals surface area contributed by atoms with Crippen LogP contribution in [0.2, 0.25) is 0 Å². The minimum atomic E-state index is -0.849. The molecular formula is C17H24N2O2S. The molecule has 0 saturated carbocycles. The molecule has 1 aromatic heterocycles. The van der Waals surface area contributed by atoms with Gasteiger partial charge < -0.3 is 10.0 Å². The van der Waals surface area contributed by atoms with Gasteiger partial charge in [-0.15, -0.1) is 11.3 Å². The fourth-order valence-corrected chi connectivity index (χ4v) is 3.43. The number of hydrogen-bond donors (Lipinski definition) is 1. The summed E-state index contributed by atoms with van der Waals surface area (Å²) < 4.78 is 1.20. The van der Waals surface area contributed by atoms with Gasteiger partial charge in [-0.1, -0.05) is 12.1 Å². The summed E-state index contributed by atoms with van der Waals surface area (Å²) in [6, 6.07) is 8.10. The summed E-state index contributed by atoms with van der Waals surface area (Å²) in [6.45, 7) is 6.40. The van der Waals surface area contributed by atoms with Crippen molar-refractivity contribution in [2.24, 2.45) is 0 Å². The lowest BCUT2D eigenvalue weighted by molar-refractivity contribution is -0.134. The third-order valence-electron chi connectivity index (χ3n) is 3.43. The molecule has 5 heteroatoms. The molecule has 2 aromatic rings. The fourth-order valence-electron chi connectivity index (χ4n) is 2.42. The molecule has 0 fully saturated rings. The van der Waals surface area contributed by atoms with Crippen molar-refractivity contribution >= 4 is 27.5 Å². The van der Waals surface area contributed by atoms with Crippen LogP contribution in [0.5, 0.6) is 0 Å². The van der Waals surface area contributed by atoms with Crippen molar-refractivity contribution in [2.45, 2.75) is 45.6 Å². The average molecular weight is 320 g/mol. The predicted octanol–water partition coefficient (Wildman–Crippen LogP) is 3.24. The summed E-state index contributed by atoms with van der Waals surface area (Å²) >= 11 is 1.70. The lowest BCUT2D eigenvalue weighted by Crippen LogP contribution is -2.42. The number of rotatable bonds is 7. The Labute approximate surface area is 135 Å². The molecule has 1 aromatic carbocycles. The van der Waals surface area contributed by atoms with E-state index in [1.165, 1.54) is 4.70 Å². The van der Waals surface area contributed by atoms with E-state index in [2.05, 4.69) is 11.1 Å². The van der Waals surface area contributed by atoms with Gasteiger partial charge in [0, 0.05) is 19.5 Å². The van der Waals surface area contributed by atoms with Crippen molar-refractivity contribution < 1.29 is 9.90 Å². The number of hydrogen-bond acceptors (Lipinski definition) is 4. The first kappa shape index (κ1) is 16.9. The lowest BCUT2D eigenvalue weighted by Gasteiger charge is -2.28. The summed E-state index contributed by atoms with van der Waals surface area (Å²) in [4.78, 5) is 18.5. The number of carbonyl (C=O) groups is 1. The number of thiazole rings is 1. The van der Waals surface area contributed by atoms with E-state index in [0.717, 1.165) is 23.4 Å². The molecule has 1 amide bonds. The number of aliphatic hydroxyl groups is 1. The molecule has 0 saturated heterocycles. The Morgan fingerprint density at radius 1 is 1.36 bits per heavy atom. The van der Waals surface area contributed by atoms with Gasteiger partial charge in [0.15, 0.2) is 0 Å². The minimum Gasteiger partial charge on any atom is -0.389 e. The number of aromatic nitrogens is 1. The first-order valence-electron chi connectivity index (χ1n) is 7.73. The van der Waals surface area contributed by atoms with Gasteiger partial charge in [0.25, 0.3) is 0 Å². The van der Waals surface area contributed by atoms with Crippen LogP contribution in [0.1, 0.15) is 38.6 Å².